The fraction of sp³-hybridized carbons (Fsp3) is 0.562. The van der Waals surface area contributed by atoms with Crippen LogP contribution in [0.3, 0.4) is 0 Å². The maximum atomic E-state index is 12.2. The predicted molar refractivity (Wildman–Crippen MR) is 87.6 cm³/mol. The lowest BCUT2D eigenvalue weighted by atomic mass is 10.00. The van der Waals surface area contributed by atoms with E-state index in [0.717, 1.165) is 30.0 Å². The normalized spacial score (nSPS) is 21.0. The molecule has 2 atom stereocenters. The number of hydrogen-bond donors (Lipinski definition) is 2. The first-order chi connectivity index (χ1) is 9.95. The molecule has 2 rings (SSSR count). The molecule has 0 aliphatic carbocycles. The number of benzene rings is 1. The first kappa shape index (κ1) is 16.3. The molecule has 1 aromatic carbocycles. The van der Waals surface area contributed by atoms with Gasteiger partial charge in [-0.25, -0.2) is 0 Å². The average molecular weight is 355 g/mol. The minimum absolute atomic E-state index is 0.000620. The van der Waals surface area contributed by atoms with Crippen LogP contribution in [-0.4, -0.2) is 41.6 Å². The van der Waals surface area contributed by atoms with E-state index in [1.165, 1.54) is 18.9 Å². The highest BCUT2D eigenvalue weighted by Crippen LogP contribution is 2.22. The molecule has 1 aliphatic rings. The van der Waals surface area contributed by atoms with Gasteiger partial charge in [-0.2, -0.15) is 0 Å². The van der Waals surface area contributed by atoms with E-state index in [4.69, 9.17) is 0 Å². The molecule has 0 radical (unpaired) electrons. The molecule has 0 aromatic heterocycles. The Kier molecular flexibility index (Phi) is 5.65. The van der Waals surface area contributed by atoms with Gasteiger partial charge in [-0.05, 0) is 50.4 Å². The predicted octanol–water partition coefficient (Wildman–Crippen LogP) is 3.00. The van der Waals surface area contributed by atoms with Crippen molar-refractivity contribution in [1.29, 1.82) is 0 Å². The van der Waals surface area contributed by atoms with E-state index in [1.54, 1.807) is 12.1 Å². The summed E-state index contributed by atoms with van der Waals surface area (Å²) in [6.07, 6.45) is 2.53. The summed E-state index contributed by atoms with van der Waals surface area (Å²) in [5, 5.41) is 12.8. The smallest absolute Gasteiger partial charge is 0.255 e. The third-order valence-electron chi connectivity index (χ3n) is 3.86. The van der Waals surface area contributed by atoms with Gasteiger partial charge in [-0.1, -0.05) is 22.9 Å². The van der Waals surface area contributed by atoms with Gasteiger partial charge in [0.1, 0.15) is 5.75 Å². The monoisotopic (exact) mass is 354 g/mol. The summed E-state index contributed by atoms with van der Waals surface area (Å²) in [6, 6.07) is 4.98. The highest BCUT2D eigenvalue weighted by molar-refractivity contribution is 9.10. The molecule has 1 amide bonds. The molecular formula is C16H23BrN2O2. The van der Waals surface area contributed by atoms with E-state index in [9.17, 15) is 9.90 Å². The second-order valence-electron chi connectivity index (χ2n) is 6.04. The molecule has 1 fully saturated rings. The van der Waals surface area contributed by atoms with E-state index in [0.29, 0.717) is 5.56 Å². The molecule has 5 heteroatoms. The lowest BCUT2D eigenvalue weighted by Crippen LogP contribution is -2.45. The molecule has 0 spiro atoms. The zero-order valence-corrected chi connectivity index (χ0v) is 14.2. The van der Waals surface area contributed by atoms with Crippen LogP contribution in [0.1, 0.15) is 37.0 Å². The molecule has 2 unspecified atom stereocenters. The standard InChI is InChI=1S/C16H23BrN2O2/c1-11-4-3-7-19(9-11)10-12(2)18-16(21)14-6-5-13(17)8-15(14)20/h5-6,8,11-12,20H,3-4,7,9-10H2,1-2H3,(H,18,21). The Bertz CT molecular complexity index is 507. The van der Waals surface area contributed by atoms with Crippen molar-refractivity contribution in [2.24, 2.45) is 5.92 Å². The number of hydrogen-bond acceptors (Lipinski definition) is 3. The molecule has 1 saturated heterocycles. The van der Waals surface area contributed by atoms with Gasteiger partial charge >= 0.3 is 0 Å². The quantitative estimate of drug-likeness (QED) is 0.873. The number of likely N-dealkylation sites (tertiary alicyclic amines) is 1. The number of amides is 1. The van der Waals surface area contributed by atoms with E-state index in [-0.39, 0.29) is 17.7 Å². The molecule has 1 aromatic rings. The van der Waals surface area contributed by atoms with Crippen LogP contribution in [0.5, 0.6) is 5.75 Å². The van der Waals surface area contributed by atoms with Gasteiger partial charge in [0.15, 0.2) is 0 Å². The minimum atomic E-state index is -0.224. The maximum absolute atomic E-state index is 12.2. The minimum Gasteiger partial charge on any atom is -0.507 e. The SMILES string of the molecule is CC1CCCN(CC(C)NC(=O)c2ccc(Br)cc2O)C1. The largest absolute Gasteiger partial charge is 0.507 e. The molecule has 21 heavy (non-hydrogen) atoms. The van der Waals surface area contributed by atoms with Crippen LogP contribution in [0.4, 0.5) is 0 Å². The Morgan fingerprint density at radius 1 is 1.57 bits per heavy atom. The van der Waals surface area contributed by atoms with Crippen molar-refractivity contribution in [2.75, 3.05) is 19.6 Å². The number of phenolic OH excluding ortho intramolecular Hbond substituents is 1. The van der Waals surface area contributed by atoms with Crippen LogP contribution in [0.2, 0.25) is 0 Å². The lowest BCUT2D eigenvalue weighted by Gasteiger charge is -2.32. The number of carbonyl (C=O) groups excluding carboxylic acids is 1. The lowest BCUT2D eigenvalue weighted by molar-refractivity contribution is 0.0917. The van der Waals surface area contributed by atoms with Crippen LogP contribution < -0.4 is 5.32 Å². The van der Waals surface area contributed by atoms with Crippen LogP contribution in [-0.2, 0) is 0 Å². The van der Waals surface area contributed by atoms with Crippen molar-refractivity contribution in [3.05, 3.63) is 28.2 Å². The Labute approximate surface area is 134 Å². The first-order valence-electron chi connectivity index (χ1n) is 7.47. The third kappa shape index (κ3) is 4.71. The molecule has 1 aliphatic heterocycles. The second-order valence-corrected chi connectivity index (χ2v) is 6.96. The van der Waals surface area contributed by atoms with E-state index in [2.05, 4.69) is 33.1 Å². The molecule has 2 N–H and O–H groups in total. The Hall–Kier alpha value is -1.07. The molecule has 1 heterocycles. The van der Waals surface area contributed by atoms with Gasteiger partial charge in [0.05, 0.1) is 5.56 Å². The Balaban J connectivity index is 1.89. The average Bonchev–Trinajstić information content (AvgIpc) is 2.38. The summed E-state index contributed by atoms with van der Waals surface area (Å²) in [4.78, 5) is 14.6. The molecule has 4 nitrogen and oxygen atoms in total. The fourth-order valence-electron chi connectivity index (χ4n) is 2.88. The van der Waals surface area contributed by atoms with Crippen molar-refractivity contribution in [2.45, 2.75) is 32.7 Å². The van der Waals surface area contributed by atoms with E-state index >= 15 is 0 Å². The molecule has 0 saturated carbocycles. The van der Waals surface area contributed by atoms with Crippen molar-refractivity contribution < 1.29 is 9.90 Å². The van der Waals surface area contributed by atoms with Gasteiger partial charge in [0.25, 0.3) is 5.91 Å². The second kappa shape index (κ2) is 7.27. The Morgan fingerprint density at radius 2 is 2.33 bits per heavy atom. The van der Waals surface area contributed by atoms with Crippen molar-refractivity contribution in [3.63, 3.8) is 0 Å². The van der Waals surface area contributed by atoms with Crippen molar-refractivity contribution in [1.82, 2.24) is 10.2 Å². The summed E-state index contributed by atoms with van der Waals surface area (Å²) < 4.78 is 0.756. The van der Waals surface area contributed by atoms with Crippen LogP contribution in [0, 0.1) is 5.92 Å². The fourth-order valence-corrected chi connectivity index (χ4v) is 3.23. The summed E-state index contributed by atoms with van der Waals surface area (Å²) in [6.45, 7) is 7.34. The summed E-state index contributed by atoms with van der Waals surface area (Å²) in [5.74, 6) is 0.510. The zero-order chi connectivity index (χ0) is 15.4. The third-order valence-corrected chi connectivity index (χ3v) is 4.35. The number of aromatic hydroxyl groups is 1. The topological polar surface area (TPSA) is 52.6 Å². The van der Waals surface area contributed by atoms with Gasteiger partial charge in [0.2, 0.25) is 0 Å². The number of nitrogens with zero attached hydrogens (tertiary/aromatic N) is 1. The first-order valence-corrected chi connectivity index (χ1v) is 8.26. The van der Waals surface area contributed by atoms with Gasteiger partial charge in [-0.3, -0.25) is 4.79 Å². The molecule has 0 bridgehead atoms. The van der Waals surface area contributed by atoms with Gasteiger partial charge < -0.3 is 15.3 Å². The summed E-state index contributed by atoms with van der Waals surface area (Å²) in [7, 11) is 0. The number of nitrogens with one attached hydrogen (secondary N) is 1. The number of piperidine rings is 1. The van der Waals surface area contributed by atoms with Gasteiger partial charge in [-0.15, -0.1) is 0 Å². The number of carbonyl (C=O) groups is 1. The summed E-state index contributed by atoms with van der Waals surface area (Å²) >= 11 is 3.27. The van der Waals surface area contributed by atoms with Crippen molar-refractivity contribution >= 4 is 21.8 Å². The van der Waals surface area contributed by atoms with Crippen LogP contribution in [0.15, 0.2) is 22.7 Å². The molecule has 116 valence electrons. The van der Waals surface area contributed by atoms with E-state index < -0.39 is 0 Å². The van der Waals surface area contributed by atoms with E-state index in [1.807, 2.05) is 6.92 Å². The highest BCUT2D eigenvalue weighted by Gasteiger charge is 2.20. The zero-order valence-electron chi connectivity index (χ0n) is 12.6. The van der Waals surface area contributed by atoms with Gasteiger partial charge in [0, 0.05) is 23.6 Å². The number of halogens is 1. The highest BCUT2D eigenvalue weighted by atomic mass is 79.9. The van der Waals surface area contributed by atoms with Crippen molar-refractivity contribution in [3.8, 4) is 5.75 Å². The Morgan fingerprint density at radius 3 is 3.00 bits per heavy atom. The number of phenols is 1. The number of rotatable bonds is 4. The maximum Gasteiger partial charge on any atom is 0.255 e. The summed E-state index contributed by atoms with van der Waals surface area (Å²) in [5.41, 5.74) is 0.317. The van der Waals surface area contributed by atoms with Crippen LogP contribution in [0.25, 0.3) is 0 Å². The molecular weight excluding hydrogens is 332 g/mol. The van der Waals surface area contributed by atoms with Crippen LogP contribution >= 0.6 is 15.9 Å².